The summed E-state index contributed by atoms with van der Waals surface area (Å²) in [5.74, 6) is -4.07. The van der Waals surface area contributed by atoms with Crippen molar-refractivity contribution >= 4 is 47.0 Å². The maximum Gasteiger partial charge on any atom is 0.373 e. The van der Waals surface area contributed by atoms with Gasteiger partial charge in [0, 0.05) is 27.7 Å². The molecule has 190 valence electrons. The van der Waals surface area contributed by atoms with Gasteiger partial charge in [-0.2, -0.15) is 0 Å². The molecule has 1 rings (SSSR count). The third kappa shape index (κ3) is 9.31. The summed E-state index contributed by atoms with van der Waals surface area (Å²) >= 11 is 4.83. The van der Waals surface area contributed by atoms with E-state index in [-0.39, 0.29) is 17.4 Å². The van der Waals surface area contributed by atoms with Crippen molar-refractivity contribution in [1.82, 2.24) is 5.32 Å². The van der Waals surface area contributed by atoms with Gasteiger partial charge in [-0.15, -0.1) is 0 Å². The Morgan fingerprint density at radius 3 is 2.18 bits per heavy atom. The minimum absolute atomic E-state index is 0.0122. The molecule has 0 saturated heterocycles. The van der Waals surface area contributed by atoms with E-state index in [1.54, 1.807) is 0 Å². The molecule has 0 spiro atoms. The number of carbonyl (C=O) groups is 5. The largest absolute Gasteiger partial charge is 0.477 e. The van der Waals surface area contributed by atoms with Crippen molar-refractivity contribution in [3.8, 4) is 0 Å². The van der Waals surface area contributed by atoms with Gasteiger partial charge in [0.05, 0.1) is 24.7 Å². The van der Waals surface area contributed by atoms with Crippen LogP contribution in [0.15, 0.2) is 11.8 Å². The summed E-state index contributed by atoms with van der Waals surface area (Å²) in [6.45, 7) is 3.76. The number of rotatable bonds is 11. The Labute approximate surface area is 201 Å². The first-order chi connectivity index (χ1) is 15.8. The fourth-order valence-electron chi connectivity index (χ4n) is 3.07. The quantitative estimate of drug-likeness (QED) is 0.200. The van der Waals surface area contributed by atoms with Crippen LogP contribution in [0.5, 0.6) is 0 Å². The molecule has 0 fully saturated rings. The maximum atomic E-state index is 12.3. The third-order valence-corrected chi connectivity index (χ3v) is 4.34. The molecule has 14 heteroatoms. The predicted molar refractivity (Wildman–Crippen MR) is 117 cm³/mol. The number of esters is 4. The van der Waals surface area contributed by atoms with Crippen LogP contribution in [-0.4, -0.2) is 85.6 Å². The second kappa shape index (κ2) is 13.4. The van der Waals surface area contributed by atoms with Crippen LogP contribution in [0.4, 0.5) is 0 Å². The number of nitrogens with one attached hydrogen (secondary N) is 1. The summed E-state index contributed by atoms with van der Waals surface area (Å²) in [4.78, 5) is 59.3. The molecule has 1 aliphatic rings. The van der Waals surface area contributed by atoms with E-state index in [0.29, 0.717) is 0 Å². The van der Waals surface area contributed by atoms with Crippen molar-refractivity contribution in [3.05, 3.63) is 11.8 Å². The normalized spacial score (nSPS) is 21.0. The molecule has 0 saturated carbocycles. The van der Waals surface area contributed by atoms with Crippen molar-refractivity contribution in [2.24, 2.45) is 5.73 Å². The van der Waals surface area contributed by atoms with Crippen molar-refractivity contribution in [2.75, 3.05) is 20.3 Å². The van der Waals surface area contributed by atoms with Crippen molar-refractivity contribution in [1.29, 1.82) is 0 Å². The number of methoxy groups -OCH3 is 1. The lowest BCUT2D eigenvalue weighted by molar-refractivity contribution is -0.190. The Balaban J connectivity index is 3.57. The topological polar surface area (TPSA) is 179 Å². The summed E-state index contributed by atoms with van der Waals surface area (Å²) in [5.41, 5.74) is 5.51. The molecular weight excluding hydrogens is 476 g/mol. The van der Waals surface area contributed by atoms with Crippen LogP contribution in [0.3, 0.4) is 0 Å². The first-order valence-corrected chi connectivity index (χ1v) is 10.4. The van der Waals surface area contributed by atoms with E-state index in [4.69, 9.17) is 46.4 Å². The molecule has 1 amide bonds. The molecule has 1 aliphatic heterocycles. The number of nitrogens with two attached hydrogens (primary N) is 1. The number of carbonyl (C=O) groups excluding carboxylic acids is 5. The Morgan fingerprint density at radius 2 is 1.71 bits per heavy atom. The van der Waals surface area contributed by atoms with Crippen molar-refractivity contribution in [3.63, 3.8) is 0 Å². The molecule has 0 unspecified atom stereocenters. The SMILES string of the molecule is COC(=O)C1=C[C@H](OCC(N)=S)[C@@H](NC(C)=O)[C@H]([C@H](OC(C)=O)[C@@H](COC(C)=O)OC(C)=O)O1. The van der Waals surface area contributed by atoms with Crippen LogP contribution in [0.2, 0.25) is 0 Å². The van der Waals surface area contributed by atoms with Crippen molar-refractivity contribution < 1.29 is 52.4 Å². The van der Waals surface area contributed by atoms with Crippen LogP contribution in [-0.2, 0) is 52.4 Å². The Hall–Kier alpha value is -3.26. The summed E-state index contributed by atoms with van der Waals surface area (Å²) in [7, 11) is 1.11. The van der Waals surface area contributed by atoms with Gasteiger partial charge in [0.25, 0.3) is 0 Å². The highest BCUT2D eigenvalue weighted by molar-refractivity contribution is 7.80. The number of amides is 1. The molecule has 1 heterocycles. The summed E-state index contributed by atoms with van der Waals surface area (Å²) < 4.78 is 31.6. The van der Waals surface area contributed by atoms with Gasteiger partial charge >= 0.3 is 23.9 Å². The maximum absolute atomic E-state index is 12.3. The molecule has 0 bridgehead atoms. The molecule has 0 aromatic heterocycles. The molecule has 3 N–H and O–H groups in total. The second-order valence-corrected chi connectivity index (χ2v) is 7.62. The predicted octanol–water partition coefficient (Wildman–Crippen LogP) is -0.955. The number of ether oxygens (including phenoxy) is 6. The van der Waals surface area contributed by atoms with Gasteiger partial charge in [0.15, 0.2) is 18.3 Å². The highest BCUT2D eigenvalue weighted by Gasteiger charge is 2.48. The zero-order valence-electron chi connectivity index (χ0n) is 19.4. The first-order valence-electron chi connectivity index (χ1n) is 9.97. The molecule has 0 aliphatic carbocycles. The summed E-state index contributed by atoms with van der Waals surface area (Å²) in [6, 6.07) is -1.10. The zero-order chi connectivity index (χ0) is 26.0. The van der Waals surface area contributed by atoms with E-state index in [1.807, 2.05) is 0 Å². The van der Waals surface area contributed by atoms with Gasteiger partial charge in [-0.1, -0.05) is 12.2 Å². The molecule has 34 heavy (non-hydrogen) atoms. The second-order valence-electron chi connectivity index (χ2n) is 7.10. The van der Waals surface area contributed by atoms with Crippen LogP contribution < -0.4 is 11.1 Å². The summed E-state index contributed by atoms with van der Waals surface area (Å²) in [6.07, 6.45) is -4.05. The van der Waals surface area contributed by atoms with Gasteiger partial charge < -0.3 is 39.5 Å². The van der Waals surface area contributed by atoms with Gasteiger partial charge in [-0.3, -0.25) is 19.2 Å². The monoisotopic (exact) mass is 504 g/mol. The zero-order valence-corrected chi connectivity index (χ0v) is 20.2. The lowest BCUT2D eigenvalue weighted by Crippen LogP contribution is -2.62. The molecule has 0 aromatic carbocycles. The fraction of sp³-hybridized carbons (Fsp3) is 0.600. The fourth-order valence-corrected chi connectivity index (χ4v) is 3.14. The number of hydrogen-bond donors (Lipinski definition) is 2. The highest BCUT2D eigenvalue weighted by atomic mass is 32.1. The van der Waals surface area contributed by atoms with E-state index < -0.39 is 66.8 Å². The average Bonchev–Trinajstić information content (AvgIpc) is 2.72. The van der Waals surface area contributed by atoms with Crippen molar-refractivity contribution in [2.45, 2.75) is 58.2 Å². The van der Waals surface area contributed by atoms with Crippen LogP contribution in [0, 0.1) is 0 Å². The lowest BCUT2D eigenvalue weighted by atomic mass is 9.93. The van der Waals surface area contributed by atoms with E-state index in [2.05, 4.69) is 5.32 Å². The lowest BCUT2D eigenvalue weighted by Gasteiger charge is -2.41. The van der Waals surface area contributed by atoms with E-state index in [1.165, 1.54) is 13.0 Å². The van der Waals surface area contributed by atoms with Crippen LogP contribution in [0.25, 0.3) is 0 Å². The average molecular weight is 505 g/mol. The molecular formula is C20H28N2O11S. The van der Waals surface area contributed by atoms with E-state index in [9.17, 15) is 24.0 Å². The molecule has 0 radical (unpaired) electrons. The minimum atomic E-state index is -1.47. The highest BCUT2D eigenvalue weighted by Crippen LogP contribution is 2.28. The Bertz CT molecular complexity index is 844. The minimum Gasteiger partial charge on any atom is -0.477 e. The first kappa shape index (κ1) is 28.8. The van der Waals surface area contributed by atoms with Gasteiger partial charge in [0.1, 0.15) is 12.7 Å². The molecule has 0 aromatic rings. The van der Waals surface area contributed by atoms with E-state index in [0.717, 1.165) is 27.9 Å². The van der Waals surface area contributed by atoms with Gasteiger partial charge in [0.2, 0.25) is 11.7 Å². The Morgan fingerprint density at radius 1 is 1.09 bits per heavy atom. The number of thiocarbonyl (C=S) groups is 1. The van der Waals surface area contributed by atoms with Gasteiger partial charge in [-0.25, -0.2) is 4.79 Å². The third-order valence-electron chi connectivity index (χ3n) is 4.22. The van der Waals surface area contributed by atoms with Gasteiger partial charge in [-0.05, 0) is 6.08 Å². The van der Waals surface area contributed by atoms with Crippen LogP contribution >= 0.6 is 12.2 Å². The smallest absolute Gasteiger partial charge is 0.373 e. The molecule has 5 atom stereocenters. The number of hydrogen-bond acceptors (Lipinski definition) is 12. The standard InChI is InChI=1S/C20H28N2O11S/c1-9(23)22-17-13(30-8-16(21)34)6-14(20(27)28-5)33-19(17)18(32-12(4)26)15(31-11(3)25)7-29-10(2)24/h6,13,15,17-19H,7-8H2,1-5H3,(H2,21,34)(H,22,23)/t13-,15+,17+,18+,19+/m0/s1. The van der Waals surface area contributed by atoms with Crippen LogP contribution in [0.1, 0.15) is 27.7 Å². The summed E-state index contributed by atoms with van der Waals surface area (Å²) in [5, 5.41) is 2.60. The molecule has 13 nitrogen and oxygen atoms in total. The Kier molecular flexibility index (Phi) is 11.4. The van der Waals surface area contributed by atoms with E-state index >= 15 is 0 Å².